The molecule has 0 saturated heterocycles. The van der Waals surface area contributed by atoms with Gasteiger partial charge in [0.2, 0.25) is 0 Å². The number of phenolic OH excluding ortho intramolecular Hbond substituents is 1. The van der Waals surface area contributed by atoms with Crippen LogP contribution in [0.15, 0.2) is 36.4 Å². The molecule has 0 bridgehead atoms. The number of hydrogen-bond donors (Lipinski definition) is 1. The lowest BCUT2D eigenvalue weighted by Gasteiger charge is -2.14. The minimum Gasteiger partial charge on any atom is -0.507 e. The highest BCUT2D eigenvalue weighted by Crippen LogP contribution is 2.37. The average Bonchev–Trinajstić information content (AvgIpc) is 2.72. The van der Waals surface area contributed by atoms with Crippen LogP contribution in [0.25, 0.3) is 11.1 Å². The number of benzene rings is 3. The van der Waals surface area contributed by atoms with Crippen LogP contribution in [-0.2, 0) is 19.3 Å². The number of aromatic hydroxyl groups is 1. The molecular weight excluding hydrogens is 453 g/mol. The fourth-order valence-corrected chi connectivity index (χ4v) is 3.57. The molecule has 3 aromatic carbocycles. The van der Waals surface area contributed by atoms with Crippen LogP contribution in [0.4, 0.5) is 30.7 Å². The maximum absolute atomic E-state index is 15.2. The van der Waals surface area contributed by atoms with Crippen molar-refractivity contribution in [1.82, 2.24) is 0 Å². The quantitative estimate of drug-likeness (QED) is 0.355. The molecule has 0 spiro atoms. The lowest BCUT2D eigenvalue weighted by atomic mass is 9.95. The van der Waals surface area contributed by atoms with Crippen LogP contribution in [0.3, 0.4) is 0 Å². The molecular formula is C24H19F7O2. The Kier molecular flexibility index (Phi) is 7.50. The summed E-state index contributed by atoms with van der Waals surface area (Å²) in [6, 6.07) is 6.11. The zero-order valence-corrected chi connectivity index (χ0v) is 17.4. The van der Waals surface area contributed by atoms with Gasteiger partial charge in [0.15, 0.2) is 17.4 Å². The Balaban J connectivity index is 1.93. The number of hydrogen-bond acceptors (Lipinski definition) is 2. The van der Waals surface area contributed by atoms with Crippen LogP contribution >= 0.6 is 0 Å². The van der Waals surface area contributed by atoms with Crippen molar-refractivity contribution in [3.8, 4) is 22.6 Å². The van der Waals surface area contributed by atoms with E-state index in [9.17, 15) is 31.4 Å². The fraction of sp³-hybridized carbons (Fsp3) is 0.250. The van der Waals surface area contributed by atoms with Gasteiger partial charge in [-0.2, -0.15) is 8.78 Å². The van der Waals surface area contributed by atoms with Gasteiger partial charge in [0.05, 0.1) is 5.56 Å². The molecule has 0 unspecified atom stereocenters. The number of ether oxygens (including phenoxy) is 1. The number of alkyl halides is 2. The van der Waals surface area contributed by atoms with E-state index in [1.54, 1.807) is 6.07 Å². The first-order valence-electron chi connectivity index (χ1n) is 10.0. The zero-order chi connectivity index (χ0) is 24.3. The molecule has 9 heteroatoms. The SMILES string of the molecule is CCCc1ccc(-c2c(O)cc(F)c(CCc3cc(F)c(OC(F)F)c(F)c3)c2F)c(F)c1. The van der Waals surface area contributed by atoms with Crippen molar-refractivity contribution < 1.29 is 40.6 Å². The number of rotatable bonds is 8. The molecule has 0 heterocycles. The molecule has 2 nitrogen and oxygen atoms in total. The van der Waals surface area contributed by atoms with E-state index in [4.69, 9.17) is 0 Å². The minimum absolute atomic E-state index is 0.0739. The second-order valence-corrected chi connectivity index (χ2v) is 7.38. The van der Waals surface area contributed by atoms with E-state index < -0.39 is 64.7 Å². The van der Waals surface area contributed by atoms with Crippen LogP contribution in [0.5, 0.6) is 11.5 Å². The summed E-state index contributed by atoms with van der Waals surface area (Å²) in [6.07, 6.45) is 0.664. The summed E-state index contributed by atoms with van der Waals surface area (Å²) >= 11 is 0. The predicted molar refractivity (Wildman–Crippen MR) is 108 cm³/mol. The van der Waals surface area contributed by atoms with Gasteiger partial charge in [0.25, 0.3) is 0 Å². The minimum atomic E-state index is -3.44. The van der Waals surface area contributed by atoms with E-state index in [-0.39, 0.29) is 17.5 Å². The first kappa shape index (κ1) is 24.4. The van der Waals surface area contributed by atoms with E-state index in [0.29, 0.717) is 30.2 Å². The Morgan fingerprint density at radius 3 is 2.00 bits per heavy atom. The topological polar surface area (TPSA) is 29.5 Å². The molecule has 0 radical (unpaired) electrons. The zero-order valence-electron chi connectivity index (χ0n) is 17.4. The molecule has 0 aliphatic rings. The first-order valence-corrected chi connectivity index (χ1v) is 10.0. The lowest BCUT2D eigenvalue weighted by Crippen LogP contribution is -2.07. The van der Waals surface area contributed by atoms with Crippen LogP contribution in [0.1, 0.15) is 30.0 Å². The van der Waals surface area contributed by atoms with Crippen LogP contribution in [0, 0.1) is 29.1 Å². The summed E-state index contributed by atoms with van der Waals surface area (Å²) in [7, 11) is 0. The van der Waals surface area contributed by atoms with E-state index in [0.717, 1.165) is 6.42 Å². The molecule has 3 aromatic rings. The van der Waals surface area contributed by atoms with Gasteiger partial charge in [-0.25, -0.2) is 22.0 Å². The summed E-state index contributed by atoms with van der Waals surface area (Å²) in [6.45, 7) is -1.53. The molecule has 0 aliphatic carbocycles. The Morgan fingerprint density at radius 2 is 1.42 bits per heavy atom. The van der Waals surface area contributed by atoms with Crippen molar-refractivity contribution in [3.05, 3.63) is 82.2 Å². The summed E-state index contributed by atoms with van der Waals surface area (Å²) in [5, 5.41) is 10.1. The number of phenols is 1. The Hall–Kier alpha value is -3.23. The Bertz CT molecular complexity index is 1140. The normalized spacial score (nSPS) is 11.3. The van der Waals surface area contributed by atoms with Crippen molar-refractivity contribution in [2.24, 2.45) is 0 Å². The standard InChI is InChI=1S/C24H19F7O2/c1-2-3-12-4-6-14(16(25)8-12)21-20(32)11-17(26)15(22(21)29)7-5-13-9-18(27)23(19(28)10-13)33-24(30)31/h4,6,8-11,24,32H,2-3,5,7H2,1H3. The smallest absolute Gasteiger partial charge is 0.387 e. The van der Waals surface area contributed by atoms with Crippen molar-refractivity contribution in [1.29, 1.82) is 0 Å². The van der Waals surface area contributed by atoms with E-state index in [1.165, 1.54) is 12.1 Å². The van der Waals surface area contributed by atoms with Gasteiger partial charge in [0, 0.05) is 17.2 Å². The summed E-state index contributed by atoms with van der Waals surface area (Å²) in [4.78, 5) is 0. The lowest BCUT2D eigenvalue weighted by molar-refractivity contribution is -0.0546. The number of aryl methyl sites for hydroxylation is 2. The fourth-order valence-electron chi connectivity index (χ4n) is 3.57. The van der Waals surface area contributed by atoms with Crippen molar-refractivity contribution in [2.75, 3.05) is 0 Å². The van der Waals surface area contributed by atoms with Crippen molar-refractivity contribution in [3.63, 3.8) is 0 Å². The second kappa shape index (κ2) is 10.1. The van der Waals surface area contributed by atoms with Gasteiger partial charge in [-0.05, 0) is 48.6 Å². The van der Waals surface area contributed by atoms with E-state index >= 15 is 4.39 Å². The van der Waals surface area contributed by atoms with Gasteiger partial charge in [-0.1, -0.05) is 25.5 Å². The van der Waals surface area contributed by atoms with Gasteiger partial charge in [-0.3, -0.25) is 0 Å². The highest BCUT2D eigenvalue weighted by atomic mass is 19.3. The van der Waals surface area contributed by atoms with E-state index in [2.05, 4.69) is 4.74 Å². The summed E-state index contributed by atoms with van der Waals surface area (Å²) in [5.41, 5.74) is -0.741. The van der Waals surface area contributed by atoms with Crippen LogP contribution in [0.2, 0.25) is 0 Å². The van der Waals surface area contributed by atoms with Crippen LogP contribution < -0.4 is 4.74 Å². The largest absolute Gasteiger partial charge is 0.507 e. The van der Waals surface area contributed by atoms with Gasteiger partial charge >= 0.3 is 6.61 Å². The predicted octanol–water partition coefficient (Wildman–Crippen LogP) is 7.09. The van der Waals surface area contributed by atoms with Gasteiger partial charge < -0.3 is 9.84 Å². The highest BCUT2D eigenvalue weighted by Gasteiger charge is 2.23. The molecule has 3 rings (SSSR count). The van der Waals surface area contributed by atoms with Gasteiger partial charge in [-0.15, -0.1) is 0 Å². The molecule has 0 aromatic heterocycles. The molecule has 0 atom stereocenters. The molecule has 0 fully saturated rings. The maximum atomic E-state index is 15.2. The van der Waals surface area contributed by atoms with Crippen LogP contribution in [-0.4, -0.2) is 11.7 Å². The molecule has 1 N–H and O–H groups in total. The number of halogens is 7. The molecule has 176 valence electrons. The third-order valence-corrected chi connectivity index (χ3v) is 5.06. The first-order chi connectivity index (χ1) is 15.6. The monoisotopic (exact) mass is 472 g/mol. The average molecular weight is 472 g/mol. The molecule has 0 aliphatic heterocycles. The molecule has 33 heavy (non-hydrogen) atoms. The summed E-state index contributed by atoms with van der Waals surface area (Å²) < 4.78 is 100. The third-order valence-electron chi connectivity index (χ3n) is 5.06. The van der Waals surface area contributed by atoms with Crippen molar-refractivity contribution in [2.45, 2.75) is 39.2 Å². The highest BCUT2D eigenvalue weighted by molar-refractivity contribution is 5.72. The molecule has 0 saturated carbocycles. The van der Waals surface area contributed by atoms with E-state index in [1.807, 2.05) is 6.92 Å². The summed E-state index contributed by atoms with van der Waals surface area (Å²) in [5.74, 6) is -8.00. The third kappa shape index (κ3) is 5.40. The second-order valence-electron chi connectivity index (χ2n) is 7.38. The Labute approximate surface area is 185 Å². The Morgan fingerprint density at radius 1 is 0.788 bits per heavy atom. The maximum Gasteiger partial charge on any atom is 0.387 e. The van der Waals surface area contributed by atoms with Crippen molar-refractivity contribution >= 4 is 0 Å². The molecule has 0 amide bonds. The van der Waals surface area contributed by atoms with Gasteiger partial charge in [0.1, 0.15) is 23.2 Å².